The summed E-state index contributed by atoms with van der Waals surface area (Å²) >= 11 is 11.9. The SMILES string of the molecule is CNC(Cc1ccc(Cl)c(Cl)c1)c1nccn1C. The second-order valence-electron chi connectivity index (χ2n) is 4.19. The van der Waals surface area contributed by atoms with Crippen LogP contribution >= 0.6 is 23.2 Å². The van der Waals surface area contributed by atoms with Crippen LogP contribution in [-0.2, 0) is 13.5 Å². The summed E-state index contributed by atoms with van der Waals surface area (Å²) in [6, 6.07) is 5.87. The van der Waals surface area contributed by atoms with Gasteiger partial charge in [0.25, 0.3) is 0 Å². The van der Waals surface area contributed by atoms with Crippen LogP contribution in [0, 0.1) is 0 Å². The van der Waals surface area contributed by atoms with Crippen LogP contribution in [-0.4, -0.2) is 16.6 Å². The Kier molecular flexibility index (Phi) is 4.27. The van der Waals surface area contributed by atoms with Gasteiger partial charge in [-0.25, -0.2) is 4.98 Å². The molecule has 2 rings (SSSR count). The van der Waals surface area contributed by atoms with Gasteiger partial charge in [0.05, 0.1) is 16.1 Å². The quantitative estimate of drug-likeness (QED) is 0.934. The van der Waals surface area contributed by atoms with Gasteiger partial charge in [-0.3, -0.25) is 0 Å². The maximum atomic E-state index is 6.02. The number of hydrogen-bond donors (Lipinski definition) is 1. The van der Waals surface area contributed by atoms with Crippen molar-refractivity contribution in [1.29, 1.82) is 0 Å². The van der Waals surface area contributed by atoms with E-state index in [-0.39, 0.29) is 6.04 Å². The van der Waals surface area contributed by atoms with Gasteiger partial charge in [-0.2, -0.15) is 0 Å². The molecule has 1 aromatic carbocycles. The lowest BCUT2D eigenvalue weighted by Gasteiger charge is -2.16. The van der Waals surface area contributed by atoms with Crippen molar-refractivity contribution < 1.29 is 0 Å². The van der Waals surface area contributed by atoms with Gasteiger partial charge in [-0.15, -0.1) is 0 Å². The van der Waals surface area contributed by atoms with E-state index in [0.29, 0.717) is 10.0 Å². The number of aryl methyl sites for hydroxylation is 1. The van der Waals surface area contributed by atoms with Crippen molar-refractivity contribution in [3.8, 4) is 0 Å². The molecule has 0 fully saturated rings. The van der Waals surface area contributed by atoms with Gasteiger partial charge in [0.1, 0.15) is 5.82 Å². The van der Waals surface area contributed by atoms with E-state index in [4.69, 9.17) is 23.2 Å². The zero-order chi connectivity index (χ0) is 13.1. The van der Waals surface area contributed by atoms with Gasteiger partial charge in [0.15, 0.2) is 0 Å². The third-order valence-electron chi connectivity index (χ3n) is 2.94. The molecule has 1 atom stereocenters. The van der Waals surface area contributed by atoms with E-state index in [1.807, 2.05) is 43.1 Å². The highest BCUT2D eigenvalue weighted by molar-refractivity contribution is 6.42. The molecule has 0 saturated heterocycles. The fourth-order valence-corrected chi connectivity index (χ4v) is 2.26. The summed E-state index contributed by atoms with van der Waals surface area (Å²) in [6.07, 6.45) is 4.56. The summed E-state index contributed by atoms with van der Waals surface area (Å²) in [5, 5.41) is 4.44. The minimum Gasteiger partial charge on any atom is -0.337 e. The second-order valence-corrected chi connectivity index (χ2v) is 5.00. The Hall–Kier alpha value is -1.03. The van der Waals surface area contributed by atoms with Crippen LogP contribution in [0.4, 0.5) is 0 Å². The van der Waals surface area contributed by atoms with Crippen molar-refractivity contribution >= 4 is 23.2 Å². The van der Waals surface area contributed by atoms with Gasteiger partial charge in [-0.1, -0.05) is 29.3 Å². The molecule has 3 nitrogen and oxygen atoms in total. The first-order valence-corrected chi connectivity index (χ1v) is 6.46. The summed E-state index contributed by atoms with van der Waals surface area (Å²) in [4.78, 5) is 4.36. The van der Waals surface area contributed by atoms with E-state index in [9.17, 15) is 0 Å². The van der Waals surface area contributed by atoms with Crippen molar-refractivity contribution in [1.82, 2.24) is 14.9 Å². The maximum Gasteiger partial charge on any atom is 0.125 e. The predicted octanol–water partition coefficient (Wildman–Crippen LogP) is 3.23. The van der Waals surface area contributed by atoms with Crippen LogP contribution < -0.4 is 5.32 Å². The highest BCUT2D eigenvalue weighted by Crippen LogP contribution is 2.25. The summed E-state index contributed by atoms with van der Waals surface area (Å²) in [6.45, 7) is 0. The third-order valence-corrected chi connectivity index (χ3v) is 3.68. The van der Waals surface area contributed by atoms with E-state index in [0.717, 1.165) is 17.8 Å². The number of nitrogens with one attached hydrogen (secondary N) is 1. The van der Waals surface area contributed by atoms with Crippen LogP contribution in [0.1, 0.15) is 17.4 Å². The van der Waals surface area contributed by atoms with Crippen LogP contribution in [0.2, 0.25) is 10.0 Å². The Labute approximate surface area is 117 Å². The van der Waals surface area contributed by atoms with Gasteiger partial charge >= 0.3 is 0 Å². The fourth-order valence-electron chi connectivity index (χ4n) is 1.94. The first kappa shape index (κ1) is 13.4. The Balaban J connectivity index is 2.20. The Morgan fingerprint density at radius 1 is 1.33 bits per heavy atom. The molecule has 18 heavy (non-hydrogen) atoms. The smallest absolute Gasteiger partial charge is 0.125 e. The topological polar surface area (TPSA) is 29.9 Å². The zero-order valence-corrected chi connectivity index (χ0v) is 11.8. The van der Waals surface area contributed by atoms with Gasteiger partial charge in [0, 0.05) is 19.4 Å². The van der Waals surface area contributed by atoms with Crippen molar-refractivity contribution in [2.24, 2.45) is 7.05 Å². The molecule has 0 aliphatic heterocycles. The summed E-state index contributed by atoms with van der Waals surface area (Å²) in [7, 11) is 3.92. The third kappa shape index (κ3) is 2.86. The summed E-state index contributed by atoms with van der Waals surface area (Å²) < 4.78 is 2.01. The van der Waals surface area contributed by atoms with Gasteiger partial charge in [-0.05, 0) is 31.2 Å². The standard InChI is InChI=1S/C13H15Cl2N3/c1-16-12(13-17-5-6-18(13)2)8-9-3-4-10(14)11(15)7-9/h3-7,12,16H,8H2,1-2H3. The van der Waals surface area contributed by atoms with Crippen LogP contribution in [0.15, 0.2) is 30.6 Å². The zero-order valence-electron chi connectivity index (χ0n) is 10.3. The molecule has 0 amide bonds. The molecule has 5 heteroatoms. The van der Waals surface area contributed by atoms with Crippen LogP contribution in [0.3, 0.4) is 0 Å². The normalized spacial score (nSPS) is 12.7. The molecule has 0 bridgehead atoms. The van der Waals surface area contributed by atoms with Crippen LogP contribution in [0.5, 0.6) is 0 Å². The first-order chi connectivity index (χ1) is 8.61. The van der Waals surface area contributed by atoms with E-state index in [1.165, 1.54) is 0 Å². The highest BCUT2D eigenvalue weighted by Gasteiger charge is 2.14. The number of nitrogens with zero attached hydrogens (tertiary/aromatic N) is 2. The largest absolute Gasteiger partial charge is 0.337 e. The molecule has 2 aromatic rings. The number of halogens is 2. The molecule has 1 N–H and O–H groups in total. The number of benzene rings is 1. The average molecular weight is 284 g/mol. The minimum absolute atomic E-state index is 0.155. The Morgan fingerprint density at radius 2 is 2.11 bits per heavy atom. The van der Waals surface area contributed by atoms with E-state index >= 15 is 0 Å². The summed E-state index contributed by atoms with van der Waals surface area (Å²) in [5.41, 5.74) is 1.13. The van der Waals surface area contributed by atoms with E-state index in [1.54, 1.807) is 6.20 Å². The molecule has 1 unspecified atom stereocenters. The molecule has 1 aromatic heterocycles. The first-order valence-electron chi connectivity index (χ1n) is 5.70. The minimum atomic E-state index is 0.155. The van der Waals surface area contributed by atoms with Gasteiger partial charge < -0.3 is 9.88 Å². The van der Waals surface area contributed by atoms with Crippen molar-refractivity contribution in [3.63, 3.8) is 0 Å². The second kappa shape index (κ2) is 5.74. The number of rotatable bonds is 4. The lowest BCUT2D eigenvalue weighted by molar-refractivity contribution is 0.538. The van der Waals surface area contributed by atoms with Crippen LogP contribution in [0.25, 0.3) is 0 Å². The molecule has 0 saturated carbocycles. The molecule has 0 aliphatic rings. The highest BCUT2D eigenvalue weighted by atomic mass is 35.5. The molecule has 96 valence electrons. The molecule has 0 spiro atoms. The van der Waals surface area contributed by atoms with E-state index < -0.39 is 0 Å². The lowest BCUT2D eigenvalue weighted by Crippen LogP contribution is -2.22. The average Bonchev–Trinajstić information content (AvgIpc) is 2.77. The monoisotopic (exact) mass is 283 g/mol. The van der Waals surface area contributed by atoms with Crippen molar-refractivity contribution in [2.75, 3.05) is 7.05 Å². The Bertz CT molecular complexity index is 537. The fraction of sp³-hybridized carbons (Fsp3) is 0.308. The molecular formula is C13H15Cl2N3. The molecular weight excluding hydrogens is 269 g/mol. The number of aromatic nitrogens is 2. The van der Waals surface area contributed by atoms with Gasteiger partial charge in [0.2, 0.25) is 0 Å². The maximum absolute atomic E-state index is 6.02. The van der Waals surface area contributed by atoms with Crippen molar-refractivity contribution in [3.05, 3.63) is 52.0 Å². The summed E-state index contributed by atoms with van der Waals surface area (Å²) in [5.74, 6) is 1.00. The molecule has 1 heterocycles. The lowest BCUT2D eigenvalue weighted by atomic mass is 10.1. The molecule has 0 radical (unpaired) electrons. The Morgan fingerprint density at radius 3 is 2.67 bits per heavy atom. The number of imidazole rings is 1. The molecule has 0 aliphatic carbocycles. The number of hydrogen-bond acceptors (Lipinski definition) is 2. The predicted molar refractivity (Wildman–Crippen MR) is 75.2 cm³/mol. The van der Waals surface area contributed by atoms with Crippen molar-refractivity contribution in [2.45, 2.75) is 12.5 Å². The number of likely N-dealkylation sites (N-methyl/N-ethyl adjacent to an activating group) is 1. The van der Waals surface area contributed by atoms with E-state index in [2.05, 4.69) is 10.3 Å².